The van der Waals surface area contributed by atoms with Crippen molar-refractivity contribution in [1.29, 1.82) is 0 Å². The number of hydrogen-bond donors (Lipinski definition) is 1. The highest BCUT2D eigenvalue weighted by molar-refractivity contribution is 6.29. The van der Waals surface area contributed by atoms with Gasteiger partial charge in [-0.25, -0.2) is 4.98 Å². The molecule has 0 aromatic carbocycles. The van der Waals surface area contributed by atoms with Crippen molar-refractivity contribution >= 4 is 17.3 Å². The number of hydrogen-bond acceptors (Lipinski definition) is 3. The fourth-order valence-corrected chi connectivity index (χ4v) is 1.62. The van der Waals surface area contributed by atoms with E-state index in [9.17, 15) is 0 Å². The van der Waals surface area contributed by atoms with Crippen LogP contribution < -0.4 is 5.32 Å². The van der Waals surface area contributed by atoms with E-state index in [-0.39, 0.29) is 0 Å². The molecule has 0 aliphatic rings. The molecule has 0 saturated carbocycles. The minimum absolute atomic E-state index is 0.520. The topological polar surface area (TPSA) is 37.8 Å². The summed E-state index contributed by atoms with van der Waals surface area (Å²) in [4.78, 5) is 8.01. The number of nitrogens with one attached hydrogen (secondary N) is 1. The highest BCUT2D eigenvalue weighted by Gasteiger charge is 1.99. The Kier molecular flexibility index (Phi) is 3.37. The number of aromatic nitrogens is 2. The molecule has 3 nitrogen and oxygen atoms in total. The number of rotatable bonds is 3. The first-order valence-corrected chi connectivity index (χ1v) is 5.38. The van der Waals surface area contributed by atoms with E-state index in [4.69, 9.17) is 11.6 Å². The standard InChI is InChI=1S/C12H12ClN3/c1-9-6-12(13)16-8-11(9)15-7-10-2-4-14-5-3-10/h2-6,8,15H,7H2,1H3. The van der Waals surface area contributed by atoms with Crippen molar-refractivity contribution < 1.29 is 0 Å². The zero-order valence-electron chi connectivity index (χ0n) is 8.94. The molecule has 16 heavy (non-hydrogen) atoms. The van der Waals surface area contributed by atoms with Gasteiger partial charge in [-0.2, -0.15) is 0 Å². The largest absolute Gasteiger partial charge is 0.380 e. The van der Waals surface area contributed by atoms with Gasteiger partial charge in [0, 0.05) is 18.9 Å². The lowest BCUT2D eigenvalue weighted by Crippen LogP contribution is -2.01. The molecule has 0 bridgehead atoms. The Bertz CT molecular complexity index is 471. The van der Waals surface area contributed by atoms with Crippen LogP contribution in [0.2, 0.25) is 5.15 Å². The summed E-state index contributed by atoms with van der Waals surface area (Å²) in [6, 6.07) is 5.80. The molecule has 2 rings (SSSR count). The minimum atomic E-state index is 0.520. The summed E-state index contributed by atoms with van der Waals surface area (Å²) in [6.07, 6.45) is 5.31. The molecule has 2 aromatic rings. The van der Waals surface area contributed by atoms with Crippen LogP contribution in [0, 0.1) is 6.92 Å². The van der Waals surface area contributed by atoms with Crippen LogP contribution in [0.15, 0.2) is 36.8 Å². The summed E-state index contributed by atoms with van der Waals surface area (Å²) in [6.45, 7) is 2.76. The third-order valence-electron chi connectivity index (χ3n) is 2.31. The SMILES string of the molecule is Cc1cc(Cl)ncc1NCc1ccncc1. The van der Waals surface area contributed by atoms with Gasteiger partial charge in [0.15, 0.2) is 0 Å². The molecule has 0 unspecified atom stereocenters. The average Bonchev–Trinajstić information content (AvgIpc) is 2.29. The van der Waals surface area contributed by atoms with E-state index in [1.807, 2.05) is 25.1 Å². The Morgan fingerprint density at radius 3 is 2.75 bits per heavy atom. The molecule has 0 spiro atoms. The van der Waals surface area contributed by atoms with E-state index >= 15 is 0 Å². The van der Waals surface area contributed by atoms with E-state index in [0.29, 0.717) is 5.15 Å². The zero-order chi connectivity index (χ0) is 11.4. The van der Waals surface area contributed by atoms with Crippen molar-refractivity contribution in [3.05, 3.63) is 53.1 Å². The van der Waals surface area contributed by atoms with Gasteiger partial charge < -0.3 is 5.32 Å². The van der Waals surface area contributed by atoms with E-state index in [1.165, 1.54) is 5.56 Å². The van der Waals surface area contributed by atoms with Crippen LogP contribution in [0.25, 0.3) is 0 Å². The minimum Gasteiger partial charge on any atom is -0.380 e. The van der Waals surface area contributed by atoms with Crippen LogP contribution in [0.1, 0.15) is 11.1 Å². The van der Waals surface area contributed by atoms with Crippen molar-refractivity contribution in [2.24, 2.45) is 0 Å². The third kappa shape index (κ3) is 2.70. The number of pyridine rings is 2. The summed E-state index contributed by atoms with van der Waals surface area (Å²) in [5.74, 6) is 0. The molecule has 2 aromatic heterocycles. The van der Waals surface area contributed by atoms with Crippen molar-refractivity contribution in [3.63, 3.8) is 0 Å². The Morgan fingerprint density at radius 1 is 1.31 bits per heavy atom. The molecular weight excluding hydrogens is 222 g/mol. The maximum atomic E-state index is 5.79. The predicted octanol–water partition coefficient (Wildman–Crippen LogP) is 3.05. The lowest BCUT2D eigenvalue weighted by Gasteiger charge is -2.08. The molecule has 0 aliphatic carbocycles. The first-order chi connectivity index (χ1) is 7.75. The highest BCUT2D eigenvalue weighted by atomic mass is 35.5. The lowest BCUT2D eigenvalue weighted by molar-refractivity contribution is 1.11. The first-order valence-electron chi connectivity index (χ1n) is 5.00. The second kappa shape index (κ2) is 4.94. The fourth-order valence-electron chi connectivity index (χ4n) is 1.40. The second-order valence-electron chi connectivity index (χ2n) is 3.53. The van der Waals surface area contributed by atoms with Gasteiger partial charge in [-0.1, -0.05) is 11.6 Å². The average molecular weight is 234 g/mol. The van der Waals surface area contributed by atoms with Crippen molar-refractivity contribution in [1.82, 2.24) is 9.97 Å². The monoisotopic (exact) mass is 233 g/mol. The molecule has 0 fully saturated rings. The second-order valence-corrected chi connectivity index (χ2v) is 3.92. The highest BCUT2D eigenvalue weighted by Crippen LogP contribution is 2.17. The van der Waals surface area contributed by atoms with Crippen molar-refractivity contribution in [2.45, 2.75) is 13.5 Å². The molecule has 82 valence electrons. The lowest BCUT2D eigenvalue weighted by atomic mass is 10.2. The van der Waals surface area contributed by atoms with Crippen molar-refractivity contribution in [3.8, 4) is 0 Å². The van der Waals surface area contributed by atoms with E-state index < -0.39 is 0 Å². The Morgan fingerprint density at radius 2 is 2.06 bits per heavy atom. The van der Waals surface area contributed by atoms with Gasteiger partial charge in [-0.15, -0.1) is 0 Å². The van der Waals surface area contributed by atoms with Crippen LogP contribution in [0.3, 0.4) is 0 Å². The molecule has 0 saturated heterocycles. The summed E-state index contributed by atoms with van der Waals surface area (Å²) >= 11 is 5.79. The predicted molar refractivity (Wildman–Crippen MR) is 65.5 cm³/mol. The summed E-state index contributed by atoms with van der Waals surface area (Å²) in [5.41, 5.74) is 3.28. The van der Waals surface area contributed by atoms with Crippen LogP contribution >= 0.6 is 11.6 Å². The quantitative estimate of drug-likeness (QED) is 0.828. The molecule has 2 heterocycles. The smallest absolute Gasteiger partial charge is 0.129 e. The van der Waals surface area contributed by atoms with Gasteiger partial charge in [0.2, 0.25) is 0 Å². The summed E-state index contributed by atoms with van der Waals surface area (Å²) in [5, 5.41) is 3.83. The third-order valence-corrected chi connectivity index (χ3v) is 2.52. The normalized spacial score (nSPS) is 10.1. The van der Waals surface area contributed by atoms with Crippen LogP contribution in [-0.2, 0) is 6.54 Å². The fraction of sp³-hybridized carbons (Fsp3) is 0.167. The Labute approximate surface area is 99.5 Å². The van der Waals surface area contributed by atoms with Crippen LogP contribution in [0.5, 0.6) is 0 Å². The van der Waals surface area contributed by atoms with Gasteiger partial charge in [0.1, 0.15) is 5.15 Å². The summed E-state index contributed by atoms with van der Waals surface area (Å²) in [7, 11) is 0. The Hall–Kier alpha value is -1.61. The molecule has 0 aliphatic heterocycles. The molecule has 0 radical (unpaired) electrons. The van der Waals surface area contributed by atoms with E-state index in [2.05, 4.69) is 15.3 Å². The number of nitrogens with zero attached hydrogens (tertiary/aromatic N) is 2. The van der Waals surface area contributed by atoms with Gasteiger partial charge in [0.05, 0.1) is 11.9 Å². The van der Waals surface area contributed by atoms with E-state index in [1.54, 1.807) is 18.6 Å². The zero-order valence-corrected chi connectivity index (χ0v) is 9.70. The van der Waals surface area contributed by atoms with Gasteiger partial charge in [-0.05, 0) is 36.2 Å². The van der Waals surface area contributed by atoms with Gasteiger partial charge >= 0.3 is 0 Å². The van der Waals surface area contributed by atoms with Crippen LogP contribution in [-0.4, -0.2) is 9.97 Å². The number of aryl methyl sites for hydroxylation is 1. The first kappa shape index (κ1) is 10.9. The number of anilines is 1. The molecule has 1 N–H and O–H groups in total. The van der Waals surface area contributed by atoms with Crippen molar-refractivity contribution in [2.75, 3.05) is 5.32 Å². The van der Waals surface area contributed by atoms with E-state index in [0.717, 1.165) is 17.8 Å². The van der Waals surface area contributed by atoms with Crippen LogP contribution in [0.4, 0.5) is 5.69 Å². The molecular formula is C12H12ClN3. The molecule has 0 atom stereocenters. The van der Waals surface area contributed by atoms with Gasteiger partial charge in [0.25, 0.3) is 0 Å². The summed E-state index contributed by atoms with van der Waals surface area (Å²) < 4.78 is 0. The van der Waals surface area contributed by atoms with Gasteiger partial charge in [-0.3, -0.25) is 4.98 Å². The Balaban J connectivity index is 2.05. The molecule has 4 heteroatoms. The maximum absolute atomic E-state index is 5.79. The number of halogens is 1. The maximum Gasteiger partial charge on any atom is 0.129 e. The molecule has 0 amide bonds.